The number of rotatable bonds is 5. The minimum absolute atomic E-state index is 0. The van der Waals surface area contributed by atoms with Crippen LogP contribution in [0.2, 0.25) is 5.02 Å². The van der Waals surface area contributed by atoms with Crippen molar-refractivity contribution in [2.75, 3.05) is 19.5 Å². The van der Waals surface area contributed by atoms with E-state index < -0.39 is 0 Å². The zero-order valence-electron chi connectivity index (χ0n) is 12.7. The van der Waals surface area contributed by atoms with Crippen molar-refractivity contribution in [2.45, 2.75) is 6.54 Å². The van der Waals surface area contributed by atoms with Crippen LogP contribution in [-0.4, -0.2) is 25.2 Å². The zero-order chi connectivity index (χ0) is 15.9. The van der Waals surface area contributed by atoms with Gasteiger partial charge in [0.2, 0.25) is 5.88 Å². The van der Waals surface area contributed by atoms with Crippen LogP contribution in [0.25, 0.3) is 0 Å². The largest absolute Gasteiger partial charge is 0.495 e. The van der Waals surface area contributed by atoms with Crippen molar-refractivity contribution in [1.29, 1.82) is 0 Å². The van der Waals surface area contributed by atoms with E-state index in [0.717, 1.165) is 11.3 Å². The normalized spacial score (nSPS) is 10.7. The highest BCUT2D eigenvalue weighted by Gasteiger charge is 2.02. The van der Waals surface area contributed by atoms with Crippen molar-refractivity contribution in [3.63, 3.8) is 0 Å². The number of nitrogens with one attached hydrogen (secondary N) is 1. The van der Waals surface area contributed by atoms with Gasteiger partial charge in [-0.05, 0) is 23.8 Å². The first-order chi connectivity index (χ1) is 10.6. The fourth-order valence-corrected chi connectivity index (χ4v) is 1.99. The first kappa shape index (κ1) is 19.3. The molecule has 124 valence electrons. The molecule has 0 spiro atoms. The molecule has 23 heavy (non-hydrogen) atoms. The summed E-state index contributed by atoms with van der Waals surface area (Å²) in [6.45, 7) is 0.416. The Morgan fingerprint density at radius 2 is 2.04 bits per heavy atom. The summed E-state index contributed by atoms with van der Waals surface area (Å²) in [6, 6.07) is 8.94. The van der Waals surface area contributed by atoms with Crippen LogP contribution < -0.4 is 20.5 Å². The standard InChI is InChI=1S/C15H17ClN4O2.HI/c1-21-13-5-4-11(7-12(13)16)20-15(17)19-9-10-3-6-14(22-2)18-8-10;/h3-8H,9H2,1-2H3,(H3,17,19,20);1H. The minimum Gasteiger partial charge on any atom is -0.495 e. The molecule has 0 fully saturated rings. The molecule has 2 rings (SSSR count). The maximum Gasteiger partial charge on any atom is 0.212 e. The number of aromatic nitrogens is 1. The summed E-state index contributed by atoms with van der Waals surface area (Å²) in [5.74, 6) is 1.45. The lowest BCUT2D eigenvalue weighted by atomic mass is 10.3. The highest BCUT2D eigenvalue weighted by molar-refractivity contribution is 14.0. The lowest BCUT2D eigenvalue weighted by Crippen LogP contribution is -2.22. The number of benzene rings is 1. The molecule has 0 aliphatic carbocycles. The van der Waals surface area contributed by atoms with Crippen LogP contribution in [0.1, 0.15) is 5.56 Å². The topological polar surface area (TPSA) is 81.8 Å². The van der Waals surface area contributed by atoms with E-state index in [-0.39, 0.29) is 29.9 Å². The molecule has 6 nitrogen and oxygen atoms in total. The Morgan fingerprint density at radius 3 is 2.61 bits per heavy atom. The molecular formula is C15H18ClIN4O2. The number of hydrogen-bond donors (Lipinski definition) is 2. The van der Waals surface area contributed by atoms with Crippen molar-refractivity contribution in [1.82, 2.24) is 4.98 Å². The van der Waals surface area contributed by atoms with E-state index in [9.17, 15) is 0 Å². The molecule has 0 aliphatic heterocycles. The average Bonchev–Trinajstić information content (AvgIpc) is 2.53. The molecule has 8 heteroatoms. The van der Waals surface area contributed by atoms with Crippen LogP contribution in [0, 0.1) is 0 Å². The van der Waals surface area contributed by atoms with Gasteiger partial charge in [0, 0.05) is 18.0 Å². The predicted molar refractivity (Wildman–Crippen MR) is 103 cm³/mol. The third-order valence-corrected chi connectivity index (χ3v) is 3.16. The van der Waals surface area contributed by atoms with Gasteiger partial charge >= 0.3 is 0 Å². The predicted octanol–water partition coefficient (Wildman–Crippen LogP) is 3.30. The fourth-order valence-electron chi connectivity index (χ4n) is 1.73. The second kappa shape index (κ2) is 9.41. The molecule has 2 aromatic rings. The van der Waals surface area contributed by atoms with E-state index in [2.05, 4.69) is 15.3 Å². The average molecular weight is 449 g/mol. The quantitative estimate of drug-likeness (QED) is 0.417. The summed E-state index contributed by atoms with van der Waals surface area (Å²) in [7, 11) is 3.13. The third-order valence-electron chi connectivity index (χ3n) is 2.86. The monoisotopic (exact) mass is 448 g/mol. The van der Waals surface area contributed by atoms with E-state index in [4.69, 9.17) is 26.8 Å². The summed E-state index contributed by atoms with van der Waals surface area (Å²) in [5.41, 5.74) is 7.51. The lowest BCUT2D eigenvalue weighted by molar-refractivity contribution is 0.397. The van der Waals surface area contributed by atoms with Gasteiger partial charge in [0.1, 0.15) is 5.75 Å². The van der Waals surface area contributed by atoms with Gasteiger partial charge in [-0.3, -0.25) is 0 Å². The van der Waals surface area contributed by atoms with E-state index >= 15 is 0 Å². The van der Waals surface area contributed by atoms with Crippen molar-refractivity contribution < 1.29 is 9.47 Å². The molecule has 1 aromatic heterocycles. The van der Waals surface area contributed by atoms with Gasteiger partial charge < -0.3 is 20.5 Å². The molecule has 0 radical (unpaired) electrons. The van der Waals surface area contributed by atoms with Crippen LogP contribution in [-0.2, 0) is 6.54 Å². The Kier molecular flexibility index (Phi) is 7.90. The second-order valence-electron chi connectivity index (χ2n) is 4.38. The van der Waals surface area contributed by atoms with Crippen molar-refractivity contribution in [2.24, 2.45) is 10.7 Å². The molecule has 0 bridgehead atoms. The zero-order valence-corrected chi connectivity index (χ0v) is 15.8. The number of methoxy groups -OCH3 is 2. The SMILES string of the molecule is COc1ccc(CN=C(N)Nc2ccc(OC)c(Cl)c2)cn1.I. The van der Waals surface area contributed by atoms with E-state index in [0.29, 0.717) is 23.2 Å². The van der Waals surface area contributed by atoms with Gasteiger partial charge in [0.15, 0.2) is 5.96 Å². The summed E-state index contributed by atoms with van der Waals surface area (Å²) in [5, 5.41) is 3.47. The van der Waals surface area contributed by atoms with Crippen LogP contribution in [0.3, 0.4) is 0 Å². The van der Waals surface area contributed by atoms with Crippen LogP contribution >= 0.6 is 35.6 Å². The maximum atomic E-state index is 6.05. The molecule has 3 N–H and O–H groups in total. The van der Waals surface area contributed by atoms with Crippen molar-refractivity contribution >= 4 is 47.2 Å². The molecule has 0 saturated heterocycles. The first-order valence-electron chi connectivity index (χ1n) is 6.51. The molecule has 1 aromatic carbocycles. The molecular weight excluding hydrogens is 431 g/mol. The molecule has 0 saturated carbocycles. The van der Waals surface area contributed by atoms with Crippen LogP contribution in [0.4, 0.5) is 5.69 Å². The Bertz CT molecular complexity index is 665. The molecule has 0 atom stereocenters. The number of halogens is 2. The number of hydrogen-bond acceptors (Lipinski definition) is 4. The molecule has 1 heterocycles. The Morgan fingerprint density at radius 1 is 1.26 bits per heavy atom. The number of aliphatic imine (C=N–C) groups is 1. The fraction of sp³-hybridized carbons (Fsp3) is 0.200. The Labute approximate surface area is 157 Å². The molecule has 0 amide bonds. The minimum atomic E-state index is 0. The highest BCUT2D eigenvalue weighted by atomic mass is 127. The van der Waals surface area contributed by atoms with Gasteiger partial charge in [-0.1, -0.05) is 17.7 Å². The number of ether oxygens (including phenoxy) is 2. The maximum absolute atomic E-state index is 6.05. The smallest absolute Gasteiger partial charge is 0.212 e. The summed E-state index contributed by atoms with van der Waals surface area (Å²) in [4.78, 5) is 8.35. The summed E-state index contributed by atoms with van der Waals surface area (Å²) in [6.07, 6.45) is 1.69. The third kappa shape index (κ3) is 5.76. The molecule has 0 aliphatic rings. The Balaban J connectivity index is 0.00000264. The van der Waals surface area contributed by atoms with Gasteiger partial charge in [-0.2, -0.15) is 0 Å². The van der Waals surface area contributed by atoms with Gasteiger partial charge in [-0.15, -0.1) is 24.0 Å². The summed E-state index contributed by atoms with van der Waals surface area (Å²) < 4.78 is 10.1. The number of pyridine rings is 1. The van der Waals surface area contributed by atoms with Gasteiger partial charge in [-0.25, -0.2) is 9.98 Å². The number of guanidine groups is 1. The van der Waals surface area contributed by atoms with E-state index in [1.54, 1.807) is 38.6 Å². The van der Waals surface area contributed by atoms with Gasteiger partial charge in [0.25, 0.3) is 0 Å². The number of nitrogens with zero attached hydrogens (tertiary/aromatic N) is 2. The number of nitrogens with two attached hydrogens (primary N) is 1. The lowest BCUT2D eigenvalue weighted by Gasteiger charge is -2.08. The highest BCUT2D eigenvalue weighted by Crippen LogP contribution is 2.27. The van der Waals surface area contributed by atoms with Crippen LogP contribution in [0.5, 0.6) is 11.6 Å². The number of anilines is 1. The van der Waals surface area contributed by atoms with E-state index in [1.807, 2.05) is 12.1 Å². The first-order valence-corrected chi connectivity index (χ1v) is 6.89. The Hall–Kier alpha value is -1.74. The van der Waals surface area contributed by atoms with Crippen molar-refractivity contribution in [3.05, 3.63) is 47.1 Å². The second-order valence-corrected chi connectivity index (χ2v) is 4.79. The van der Waals surface area contributed by atoms with E-state index in [1.165, 1.54) is 0 Å². The van der Waals surface area contributed by atoms with Crippen molar-refractivity contribution in [3.8, 4) is 11.6 Å². The summed E-state index contributed by atoms with van der Waals surface area (Å²) >= 11 is 6.05. The van der Waals surface area contributed by atoms with Crippen LogP contribution in [0.15, 0.2) is 41.5 Å². The molecule has 0 unspecified atom stereocenters. The van der Waals surface area contributed by atoms with Gasteiger partial charge in [0.05, 0.1) is 25.8 Å².